The van der Waals surface area contributed by atoms with Crippen LogP contribution >= 0.6 is 31.9 Å². The first-order valence-electron chi connectivity index (χ1n) is 44.9. The summed E-state index contributed by atoms with van der Waals surface area (Å²) in [4.78, 5) is 49.2. The Morgan fingerprint density at radius 3 is 0.700 bits per heavy atom. The first-order chi connectivity index (χ1) is 64.3. The number of nitrogens with one attached hydrogen (secondary N) is 2. The van der Waals surface area contributed by atoms with E-state index < -0.39 is 0 Å². The second kappa shape index (κ2) is 96.2. The van der Waals surface area contributed by atoms with Crippen LogP contribution in [0.15, 0.2) is 33.2 Å². The Morgan fingerprint density at radius 2 is 0.454 bits per heavy atom. The van der Waals surface area contributed by atoms with E-state index in [-0.39, 0.29) is 52.0 Å². The number of rotatable bonds is 106. The van der Waals surface area contributed by atoms with E-state index >= 15 is 0 Å². The smallest absolute Gasteiger partial charge is 0.269 e. The van der Waals surface area contributed by atoms with Crippen molar-refractivity contribution >= 4 is 55.5 Å². The molecular formula is C85H149Br2N7O36. The quantitative estimate of drug-likeness (QED) is 0.0708. The van der Waals surface area contributed by atoms with Crippen molar-refractivity contribution in [2.75, 3.05) is 436 Å². The number of ether oxygens (including phenoxy) is 32. The molecule has 45 heteroatoms. The average molecular weight is 2000 g/mol. The first-order valence-corrected chi connectivity index (χ1v) is 46.5. The SMILES string of the molecule is Cc1nnc(-c2ccc(OCCOCCOCCOCCOCCC(=O)NCCOCCOCCOCCOCCOCCOCCOCCOCCOCCOCCOCCOCCOCCOCCOCCOCCOCCOCCOCCOCCOCCOCCOCCOCCC(=O)NCCCOCCOCCOCCCN3C(=O)C(Br)=C(Br)C3=O)cc2)nn1. The molecule has 0 fully saturated rings. The van der Waals surface area contributed by atoms with Crippen LogP contribution in [0, 0.1) is 6.92 Å². The monoisotopic (exact) mass is 2000 g/mol. The number of carbonyl (C=O) groups excluding carboxylic acids is 4. The molecule has 754 valence electrons. The molecule has 1 aromatic carbocycles. The molecule has 0 saturated carbocycles. The number of halogens is 2. The summed E-state index contributed by atoms with van der Waals surface area (Å²) in [6.45, 7) is 30.8. The van der Waals surface area contributed by atoms with Crippen LogP contribution in [0.2, 0.25) is 0 Å². The first kappa shape index (κ1) is 120. The van der Waals surface area contributed by atoms with Gasteiger partial charge in [0.2, 0.25) is 17.6 Å². The van der Waals surface area contributed by atoms with E-state index in [1.807, 2.05) is 24.3 Å². The van der Waals surface area contributed by atoms with E-state index in [1.54, 1.807) is 6.92 Å². The van der Waals surface area contributed by atoms with Gasteiger partial charge in [-0.1, -0.05) is 0 Å². The Bertz CT molecular complexity index is 2830. The van der Waals surface area contributed by atoms with Crippen molar-refractivity contribution in [2.24, 2.45) is 0 Å². The van der Waals surface area contributed by atoms with Crippen molar-refractivity contribution in [3.05, 3.63) is 39.1 Å². The van der Waals surface area contributed by atoms with Gasteiger partial charge in [-0.15, -0.1) is 20.4 Å². The van der Waals surface area contributed by atoms with E-state index in [1.165, 1.54) is 4.90 Å². The van der Waals surface area contributed by atoms with Crippen LogP contribution in [0.5, 0.6) is 5.75 Å². The van der Waals surface area contributed by atoms with Crippen molar-refractivity contribution in [2.45, 2.75) is 32.6 Å². The van der Waals surface area contributed by atoms with Crippen LogP contribution in [-0.2, 0) is 166 Å². The minimum Gasteiger partial charge on any atom is -0.491 e. The molecule has 2 heterocycles. The number of benzene rings is 1. The Kier molecular flexibility index (Phi) is 88.5. The number of hydrogen-bond acceptors (Lipinski definition) is 40. The van der Waals surface area contributed by atoms with E-state index in [4.69, 9.17) is 152 Å². The summed E-state index contributed by atoms with van der Waals surface area (Å²) in [6.07, 6.45) is 1.72. The second-order valence-corrected chi connectivity index (χ2v) is 28.5. The lowest BCUT2D eigenvalue weighted by Gasteiger charge is -2.14. The molecule has 3 rings (SSSR count). The number of amides is 4. The fourth-order valence-electron chi connectivity index (χ4n) is 9.99. The Morgan fingerprint density at radius 1 is 0.254 bits per heavy atom. The molecule has 0 spiro atoms. The van der Waals surface area contributed by atoms with Crippen molar-refractivity contribution in [1.29, 1.82) is 0 Å². The third kappa shape index (κ3) is 79.7. The van der Waals surface area contributed by atoms with Gasteiger partial charge in [0, 0.05) is 51.3 Å². The minimum atomic E-state index is -0.353. The van der Waals surface area contributed by atoms with Crippen LogP contribution in [0.4, 0.5) is 0 Å². The molecule has 2 aromatic rings. The molecule has 130 heavy (non-hydrogen) atoms. The van der Waals surface area contributed by atoms with Crippen molar-refractivity contribution < 1.29 is 171 Å². The predicted molar refractivity (Wildman–Crippen MR) is 475 cm³/mol. The second-order valence-electron chi connectivity index (χ2n) is 26.9. The Labute approximate surface area is 783 Å². The molecule has 0 unspecified atom stereocenters. The Hall–Kier alpha value is -4.50. The van der Waals surface area contributed by atoms with Crippen LogP contribution in [0.25, 0.3) is 11.4 Å². The van der Waals surface area contributed by atoms with Crippen molar-refractivity contribution in [3.63, 3.8) is 0 Å². The maximum atomic E-state index is 12.1. The highest BCUT2D eigenvalue weighted by molar-refractivity contribution is 9.14. The minimum absolute atomic E-state index is 0.0863. The molecule has 0 aliphatic carbocycles. The lowest BCUT2D eigenvalue weighted by molar-refractivity contribution is -0.137. The molecule has 0 bridgehead atoms. The lowest BCUT2D eigenvalue weighted by atomic mass is 10.2. The number of aromatic nitrogens is 4. The summed E-state index contributed by atoms with van der Waals surface area (Å²) in [5, 5.41) is 21.6. The Balaban J connectivity index is 0.832. The molecule has 2 N–H and O–H groups in total. The van der Waals surface area contributed by atoms with Gasteiger partial charge in [0.1, 0.15) is 21.3 Å². The van der Waals surface area contributed by atoms with Gasteiger partial charge in [-0.2, -0.15) is 0 Å². The summed E-state index contributed by atoms with van der Waals surface area (Å²) in [6, 6.07) is 7.38. The van der Waals surface area contributed by atoms with Gasteiger partial charge in [-0.05, 0) is 75.9 Å². The van der Waals surface area contributed by atoms with E-state index in [2.05, 4.69) is 62.9 Å². The number of nitrogens with zero attached hydrogens (tertiary/aromatic N) is 5. The summed E-state index contributed by atoms with van der Waals surface area (Å²) in [5.41, 5.74) is 0.805. The summed E-state index contributed by atoms with van der Waals surface area (Å²) in [5.74, 6) is 0.784. The van der Waals surface area contributed by atoms with E-state index in [0.717, 1.165) is 5.56 Å². The molecule has 1 aromatic heterocycles. The zero-order chi connectivity index (χ0) is 92.5. The molecule has 0 radical (unpaired) electrons. The topological polar surface area (TPSA) is 442 Å². The largest absolute Gasteiger partial charge is 0.491 e. The van der Waals surface area contributed by atoms with Crippen LogP contribution in [-0.4, -0.2) is 485 Å². The van der Waals surface area contributed by atoms with Gasteiger partial charge in [-0.3, -0.25) is 24.1 Å². The fourth-order valence-corrected chi connectivity index (χ4v) is 10.8. The zero-order valence-corrected chi connectivity index (χ0v) is 79.7. The fraction of sp³-hybridized carbons (Fsp3) is 0.835. The molecule has 1 aliphatic rings. The standard InChI is InChI=1S/C85H149Br2N7O36/c1-76-90-92-83(93-91-76)77-4-6-78(7-5-77)130-75-74-129-73-72-128-32-29-106-26-21-102-16-9-80(96)89-11-17-103-22-27-107-30-33-109-35-37-111-39-41-113-43-45-115-47-49-117-51-53-119-55-57-121-59-61-123-63-65-125-67-69-127-71-70-126-68-66-124-64-62-122-60-58-120-56-54-118-52-50-116-48-46-114-44-42-112-40-38-110-36-34-108-31-28-105-25-20-101-15-8-79(95)88-10-2-13-99-18-23-104-24-19-100-14-3-12-94-84(97)81(86)82(87)85(94)98/h4-7H,2-3,8-75H2,1H3,(H,88,95)(H,89,96). The van der Waals surface area contributed by atoms with E-state index in [0.29, 0.717) is 460 Å². The van der Waals surface area contributed by atoms with Crippen molar-refractivity contribution in [3.8, 4) is 17.1 Å². The number of aryl methyl sites for hydroxylation is 1. The summed E-state index contributed by atoms with van der Waals surface area (Å²) < 4.78 is 178. The van der Waals surface area contributed by atoms with Gasteiger partial charge in [-0.25, -0.2) is 0 Å². The lowest BCUT2D eigenvalue weighted by Crippen LogP contribution is -2.32. The average Bonchev–Trinajstić information content (AvgIpc) is 1.69. The highest BCUT2D eigenvalue weighted by Gasteiger charge is 2.35. The van der Waals surface area contributed by atoms with E-state index in [9.17, 15) is 19.2 Å². The third-order valence-corrected chi connectivity index (χ3v) is 18.6. The molecule has 43 nitrogen and oxygen atoms in total. The van der Waals surface area contributed by atoms with Gasteiger partial charge in [0.05, 0.1) is 396 Å². The maximum Gasteiger partial charge on any atom is 0.269 e. The van der Waals surface area contributed by atoms with Gasteiger partial charge in [0.15, 0.2) is 5.82 Å². The highest BCUT2D eigenvalue weighted by Crippen LogP contribution is 2.29. The third-order valence-electron chi connectivity index (χ3n) is 16.6. The summed E-state index contributed by atoms with van der Waals surface area (Å²) >= 11 is 6.21. The molecular weight excluding hydrogens is 1850 g/mol. The van der Waals surface area contributed by atoms with Gasteiger partial charge in [0.25, 0.3) is 11.8 Å². The predicted octanol–water partition coefficient (Wildman–Crippen LogP) is 2.30. The van der Waals surface area contributed by atoms with Crippen LogP contribution < -0.4 is 15.4 Å². The van der Waals surface area contributed by atoms with Crippen molar-refractivity contribution in [1.82, 2.24) is 35.9 Å². The molecule has 0 saturated heterocycles. The van der Waals surface area contributed by atoms with Gasteiger partial charge >= 0.3 is 0 Å². The zero-order valence-electron chi connectivity index (χ0n) is 76.5. The molecule has 1 aliphatic heterocycles. The maximum absolute atomic E-state index is 12.1. The van der Waals surface area contributed by atoms with Gasteiger partial charge < -0.3 is 162 Å². The number of imide groups is 1. The van der Waals surface area contributed by atoms with Crippen LogP contribution in [0.1, 0.15) is 31.5 Å². The van der Waals surface area contributed by atoms with Crippen LogP contribution in [0.3, 0.4) is 0 Å². The molecule has 4 amide bonds. The number of hydrogen-bond donors (Lipinski definition) is 2. The number of carbonyl (C=O) groups is 4. The highest BCUT2D eigenvalue weighted by atomic mass is 79.9. The normalized spacial score (nSPS) is 12.3. The summed E-state index contributed by atoms with van der Waals surface area (Å²) in [7, 11) is 0. The molecule has 0 atom stereocenters.